The number of aryl methyl sites for hydroxylation is 2. The number of aromatic nitrogens is 2. The molecule has 0 radical (unpaired) electrons. The van der Waals surface area contributed by atoms with Gasteiger partial charge in [-0.3, -0.25) is 14.4 Å². The second kappa shape index (κ2) is 9.51. The Labute approximate surface area is 188 Å². The van der Waals surface area contributed by atoms with E-state index < -0.39 is 0 Å². The molecule has 6 nitrogen and oxygen atoms in total. The fraction of sp³-hybridized carbons (Fsp3) is 0.500. The van der Waals surface area contributed by atoms with Crippen LogP contribution in [0.15, 0.2) is 30.3 Å². The summed E-state index contributed by atoms with van der Waals surface area (Å²) in [5, 5.41) is 9.05. The maximum absolute atomic E-state index is 13.3. The van der Waals surface area contributed by atoms with Crippen LogP contribution in [-0.2, 0) is 11.3 Å². The van der Waals surface area contributed by atoms with E-state index in [1.807, 2.05) is 17.7 Å². The first-order valence-electron chi connectivity index (χ1n) is 11.0. The van der Waals surface area contributed by atoms with Gasteiger partial charge >= 0.3 is 0 Å². The molecule has 7 heteroatoms. The third kappa shape index (κ3) is 5.17. The highest BCUT2D eigenvalue weighted by molar-refractivity contribution is 7.20. The summed E-state index contributed by atoms with van der Waals surface area (Å²) >= 11 is 1.54. The summed E-state index contributed by atoms with van der Waals surface area (Å²) in [4.78, 5) is 17.5. The SMILES string of the molecule is Cc1ccc(C(CN2CCOCC2)NC(=O)c2cc3c(C)nn(CC(C)C)c3s2)cc1. The van der Waals surface area contributed by atoms with Gasteiger partial charge in [0.15, 0.2) is 0 Å². The number of morpholine rings is 1. The van der Waals surface area contributed by atoms with Gasteiger partial charge in [-0.05, 0) is 31.4 Å². The van der Waals surface area contributed by atoms with Gasteiger partial charge in [-0.1, -0.05) is 43.7 Å². The predicted octanol–water partition coefficient (Wildman–Crippen LogP) is 4.17. The Bertz CT molecular complexity index is 1030. The van der Waals surface area contributed by atoms with E-state index >= 15 is 0 Å². The van der Waals surface area contributed by atoms with Gasteiger partial charge in [-0.25, -0.2) is 0 Å². The Morgan fingerprint density at radius 2 is 1.87 bits per heavy atom. The van der Waals surface area contributed by atoms with Crippen LogP contribution in [0.3, 0.4) is 0 Å². The summed E-state index contributed by atoms with van der Waals surface area (Å²) in [5.41, 5.74) is 3.33. The van der Waals surface area contributed by atoms with Crippen LogP contribution in [0.25, 0.3) is 10.2 Å². The third-order valence-electron chi connectivity index (χ3n) is 5.70. The number of thiophene rings is 1. The summed E-state index contributed by atoms with van der Waals surface area (Å²) in [6, 6.07) is 10.4. The van der Waals surface area contributed by atoms with E-state index in [9.17, 15) is 4.79 Å². The highest BCUT2D eigenvalue weighted by atomic mass is 32.1. The fourth-order valence-electron chi connectivity index (χ4n) is 4.00. The molecule has 1 amide bonds. The number of hydrogen-bond donors (Lipinski definition) is 1. The number of ether oxygens (including phenoxy) is 1. The number of hydrogen-bond acceptors (Lipinski definition) is 5. The van der Waals surface area contributed by atoms with Crippen molar-refractivity contribution in [3.63, 3.8) is 0 Å². The Balaban J connectivity index is 1.57. The van der Waals surface area contributed by atoms with Gasteiger partial charge in [-0.2, -0.15) is 5.10 Å². The number of amides is 1. The molecule has 1 fully saturated rings. The van der Waals surface area contributed by atoms with Crippen molar-refractivity contribution in [2.45, 2.75) is 40.3 Å². The summed E-state index contributed by atoms with van der Waals surface area (Å²) in [7, 11) is 0. The molecule has 31 heavy (non-hydrogen) atoms. The molecule has 1 saturated heterocycles. The monoisotopic (exact) mass is 440 g/mol. The van der Waals surface area contributed by atoms with E-state index in [0.29, 0.717) is 5.92 Å². The summed E-state index contributed by atoms with van der Waals surface area (Å²) in [5.74, 6) is 0.483. The van der Waals surface area contributed by atoms with Crippen LogP contribution in [0.2, 0.25) is 0 Å². The van der Waals surface area contributed by atoms with Crippen molar-refractivity contribution in [2.75, 3.05) is 32.8 Å². The molecule has 166 valence electrons. The molecule has 1 aromatic carbocycles. The average molecular weight is 441 g/mol. The van der Waals surface area contributed by atoms with E-state index in [0.717, 1.165) is 65.7 Å². The first-order valence-corrected chi connectivity index (χ1v) is 11.9. The molecule has 3 aromatic rings. The topological polar surface area (TPSA) is 59.4 Å². The van der Waals surface area contributed by atoms with Crippen molar-refractivity contribution in [2.24, 2.45) is 5.92 Å². The second-order valence-electron chi connectivity index (χ2n) is 8.84. The molecule has 0 bridgehead atoms. The fourth-order valence-corrected chi connectivity index (χ4v) is 5.07. The van der Waals surface area contributed by atoms with Gasteiger partial charge in [0.25, 0.3) is 5.91 Å². The zero-order valence-electron chi connectivity index (χ0n) is 18.9. The molecule has 1 atom stereocenters. The average Bonchev–Trinajstić information content (AvgIpc) is 3.30. The van der Waals surface area contributed by atoms with Gasteiger partial charge in [0.1, 0.15) is 4.83 Å². The highest BCUT2D eigenvalue weighted by Gasteiger charge is 2.23. The lowest BCUT2D eigenvalue weighted by Gasteiger charge is -2.31. The zero-order valence-corrected chi connectivity index (χ0v) is 19.7. The van der Waals surface area contributed by atoms with Crippen molar-refractivity contribution in [3.05, 3.63) is 52.0 Å². The summed E-state index contributed by atoms with van der Waals surface area (Å²) in [6.45, 7) is 13.4. The van der Waals surface area contributed by atoms with Crippen molar-refractivity contribution in [3.8, 4) is 0 Å². The van der Waals surface area contributed by atoms with E-state index in [-0.39, 0.29) is 11.9 Å². The molecule has 1 aliphatic rings. The molecular formula is C24H32N4O2S. The lowest BCUT2D eigenvalue weighted by atomic mass is 10.0. The van der Waals surface area contributed by atoms with Gasteiger partial charge in [0.05, 0.1) is 29.8 Å². The second-order valence-corrected chi connectivity index (χ2v) is 9.87. The van der Waals surface area contributed by atoms with E-state index in [4.69, 9.17) is 4.74 Å². The number of nitrogens with one attached hydrogen (secondary N) is 1. The molecule has 1 aliphatic heterocycles. The summed E-state index contributed by atoms with van der Waals surface area (Å²) < 4.78 is 7.54. The van der Waals surface area contributed by atoms with Crippen LogP contribution in [0.1, 0.15) is 46.4 Å². The summed E-state index contributed by atoms with van der Waals surface area (Å²) in [6.07, 6.45) is 0. The van der Waals surface area contributed by atoms with Crippen molar-refractivity contribution < 1.29 is 9.53 Å². The van der Waals surface area contributed by atoms with Crippen LogP contribution >= 0.6 is 11.3 Å². The number of rotatable bonds is 7. The lowest BCUT2D eigenvalue weighted by molar-refractivity contribution is 0.0332. The van der Waals surface area contributed by atoms with E-state index in [1.54, 1.807) is 0 Å². The lowest BCUT2D eigenvalue weighted by Crippen LogP contribution is -2.43. The molecule has 2 aromatic heterocycles. The molecule has 0 spiro atoms. The standard InChI is InChI=1S/C24H32N4O2S/c1-16(2)14-28-24-20(18(4)26-28)13-22(31-24)23(29)25-21(15-27-9-11-30-12-10-27)19-7-5-17(3)6-8-19/h5-8,13,16,21H,9-12,14-15H2,1-4H3,(H,25,29). The molecule has 1 N–H and O–H groups in total. The van der Waals surface area contributed by atoms with E-state index in [1.165, 1.54) is 16.9 Å². The van der Waals surface area contributed by atoms with Gasteiger partial charge in [0.2, 0.25) is 0 Å². The molecule has 0 aliphatic carbocycles. The van der Waals surface area contributed by atoms with Crippen LogP contribution in [0.5, 0.6) is 0 Å². The minimum absolute atomic E-state index is 0.0180. The van der Waals surface area contributed by atoms with Crippen molar-refractivity contribution in [1.82, 2.24) is 20.0 Å². The molecule has 4 rings (SSSR count). The Hall–Kier alpha value is -2.22. The van der Waals surface area contributed by atoms with Crippen LogP contribution in [0.4, 0.5) is 0 Å². The highest BCUT2D eigenvalue weighted by Crippen LogP contribution is 2.29. The number of carbonyl (C=O) groups excluding carboxylic acids is 1. The third-order valence-corrected chi connectivity index (χ3v) is 6.85. The Kier molecular flexibility index (Phi) is 6.74. The first kappa shape index (κ1) is 22.0. The number of fused-ring (bicyclic) bond motifs is 1. The normalized spacial score (nSPS) is 16.2. The molecule has 3 heterocycles. The predicted molar refractivity (Wildman–Crippen MR) is 126 cm³/mol. The van der Waals surface area contributed by atoms with Crippen LogP contribution in [0, 0.1) is 19.8 Å². The smallest absolute Gasteiger partial charge is 0.261 e. The molecular weight excluding hydrogens is 408 g/mol. The number of carbonyl (C=O) groups is 1. The largest absolute Gasteiger partial charge is 0.379 e. The van der Waals surface area contributed by atoms with Gasteiger partial charge in [-0.15, -0.1) is 11.3 Å². The van der Waals surface area contributed by atoms with Crippen LogP contribution < -0.4 is 5.32 Å². The minimum atomic E-state index is -0.0651. The van der Waals surface area contributed by atoms with Crippen molar-refractivity contribution >= 4 is 27.5 Å². The first-order chi connectivity index (χ1) is 14.9. The van der Waals surface area contributed by atoms with Gasteiger partial charge < -0.3 is 10.1 Å². The zero-order chi connectivity index (χ0) is 22.0. The maximum Gasteiger partial charge on any atom is 0.261 e. The maximum atomic E-state index is 13.3. The number of nitrogens with zero attached hydrogens (tertiary/aromatic N) is 3. The molecule has 1 unspecified atom stereocenters. The number of benzene rings is 1. The molecule has 0 saturated carbocycles. The van der Waals surface area contributed by atoms with Crippen LogP contribution in [-0.4, -0.2) is 53.4 Å². The minimum Gasteiger partial charge on any atom is -0.379 e. The quantitative estimate of drug-likeness (QED) is 0.599. The van der Waals surface area contributed by atoms with Gasteiger partial charge in [0, 0.05) is 31.6 Å². The Morgan fingerprint density at radius 3 is 2.55 bits per heavy atom. The van der Waals surface area contributed by atoms with Crippen molar-refractivity contribution in [1.29, 1.82) is 0 Å². The Morgan fingerprint density at radius 1 is 1.16 bits per heavy atom. The van der Waals surface area contributed by atoms with E-state index in [2.05, 4.69) is 60.4 Å².